The van der Waals surface area contributed by atoms with Gasteiger partial charge in [0.05, 0.1) is 19.8 Å². The number of nitrogens with one attached hydrogen (secondary N) is 2. The van der Waals surface area contributed by atoms with Crippen LogP contribution in [0.2, 0.25) is 0 Å². The van der Waals surface area contributed by atoms with Crippen LogP contribution in [0.15, 0.2) is 23.2 Å². The number of aliphatic imine (C=N–C) groups is 1. The van der Waals surface area contributed by atoms with Crippen molar-refractivity contribution in [3.05, 3.63) is 29.3 Å². The quantitative estimate of drug-likeness (QED) is 0.560. The number of rotatable bonds is 8. The first-order valence-electron chi connectivity index (χ1n) is 9.40. The fourth-order valence-corrected chi connectivity index (χ4v) is 2.66. The second-order valence-corrected chi connectivity index (χ2v) is 7.12. The molecule has 1 saturated heterocycles. The fourth-order valence-electron chi connectivity index (χ4n) is 2.66. The molecule has 1 fully saturated rings. The minimum Gasteiger partial charge on any atom is -0.493 e. The molecule has 0 spiro atoms. The second-order valence-electron chi connectivity index (χ2n) is 7.12. The van der Waals surface area contributed by atoms with Crippen molar-refractivity contribution < 1.29 is 9.47 Å². The first kappa shape index (κ1) is 19.6. The summed E-state index contributed by atoms with van der Waals surface area (Å²) in [5.41, 5.74) is 2.32. The van der Waals surface area contributed by atoms with Crippen LogP contribution in [0.1, 0.15) is 38.3 Å². The standard InChI is InChI=1S/C20H33N3O2/c1-5-21-20(22-11-15(2)3)23-12-18-7-6-16(4)10-19(18)25-14-17-8-9-24-13-17/h6-7,10,15,17H,5,8-9,11-14H2,1-4H3,(H2,21,22,23). The monoisotopic (exact) mass is 347 g/mol. The van der Waals surface area contributed by atoms with Gasteiger partial charge in [0, 0.05) is 31.2 Å². The maximum atomic E-state index is 6.10. The van der Waals surface area contributed by atoms with Gasteiger partial charge in [-0.25, -0.2) is 4.99 Å². The van der Waals surface area contributed by atoms with Crippen LogP contribution < -0.4 is 15.4 Å². The van der Waals surface area contributed by atoms with E-state index in [0.717, 1.165) is 50.0 Å². The molecule has 0 aliphatic carbocycles. The van der Waals surface area contributed by atoms with E-state index in [9.17, 15) is 0 Å². The summed E-state index contributed by atoms with van der Waals surface area (Å²) >= 11 is 0. The Kier molecular flexibility index (Phi) is 8.06. The summed E-state index contributed by atoms with van der Waals surface area (Å²) in [5, 5.41) is 6.68. The molecule has 140 valence electrons. The average Bonchev–Trinajstić information content (AvgIpc) is 3.10. The Labute approximate surface area is 152 Å². The normalized spacial score (nSPS) is 17.8. The van der Waals surface area contributed by atoms with Gasteiger partial charge in [-0.15, -0.1) is 0 Å². The van der Waals surface area contributed by atoms with Gasteiger partial charge in [-0.05, 0) is 37.8 Å². The van der Waals surface area contributed by atoms with Crippen molar-refractivity contribution in [1.82, 2.24) is 10.6 Å². The van der Waals surface area contributed by atoms with Crippen molar-refractivity contribution in [2.45, 2.75) is 40.7 Å². The van der Waals surface area contributed by atoms with Gasteiger partial charge in [-0.3, -0.25) is 0 Å². The van der Waals surface area contributed by atoms with Gasteiger partial charge >= 0.3 is 0 Å². The Morgan fingerprint density at radius 1 is 1.36 bits per heavy atom. The Balaban J connectivity index is 2.01. The van der Waals surface area contributed by atoms with Crippen molar-refractivity contribution >= 4 is 5.96 Å². The van der Waals surface area contributed by atoms with Crippen LogP contribution in [-0.2, 0) is 11.3 Å². The molecule has 0 aromatic heterocycles. The van der Waals surface area contributed by atoms with E-state index in [4.69, 9.17) is 14.5 Å². The third kappa shape index (κ3) is 6.94. The minimum absolute atomic E-state index is 0.502. The molecule has 1 aromatic rings. The van der Waals surface area contributed by atoms with Crippen LogP contribution in [-0.4, -0.2) is 38.9 Å². The summed E-state index contributed by atoms with van der Waals surface area (Å²) in [5.74, 6) is 2.87. The van der Waals surface area contributed by atoms with Gasteiger partial charge in [0.1, 0.15) is 5.75 Å². The molecule has 1 atom stereocenters. The Bertz CT molecular complexity index is 552. The van der Waals surface area contributed by atoms with Crippen LogP contribution in [0.4, 0.5) is 0 Å². The molecule has 1 aromatic carbocycles. The van der Waals surface area contributed by atoms with Gasteiger partial charge in [-0.2, -0.15) is 0 Å². The Morgan fingerprint density at radius 2 is 2.20 bits per heavy atom. The maximum absolute atomic E-state index is 6.10. The van der Waals surface area contributed by atoms with Crippen LogP contribution in [0, 0.1) is 18.8 Å². The second kappa shape index (κ2) is 10.3. The lowest BCUT2D eigenvalue weighted by Crippen LogP contribution is -2.39. The van der Waals surface area contributed by atoms with E-state index in [1.165, 1.54) is 5.56 Å². The zero-order chi connectivity index (χ0) is 18.1. The van der Waals surface area contributed by atoms with E-state index < -0.39 is 0 Å². The molecule has 0 amide bonds. The van der Waals surface area contributed by atoms with E-state index in [2.05, 4.69) is 56.5 Å². The number of nitrogens with zero attached hydrogens (tertiary/aromatic N) is 1. The maximum Gasteiger partial charge on any atom is 0.191 e. The van der Waals surface area contributed by atoms with Crippen molar-refractivity contribution in [1.29, 1.82) is 0 Å². The molecule has 0 bridgehead atoms. The molecule has 1 aliphatic rings. The third-order valence-electron chi connectivity index (χ3n) is 4.15. The number of hydrogen-bond donors (Lipinski definition) is 2. The number of benzene rings is 1. The Morgan fingerprint density at radius 3 is 2.88 bits per heavy atom. The molecular formula is C20H33N3O2. The summed E-state index contributed by atoms with van der Waals surface area (Å²) in [6, 6.07) is 6.34. The van der Waals surface area contributed by atoms with Crippen LogP contribution in [0.5, 0.6) is 5.75 Å². The van der Waals surface area contributed by atoms with E-state index >= 15 is 0 Å². The number of ether oxygens (including phenoxy) is 2. The topological polar surface area (TPSA) is 54.9 Å². The van der Waals surface area contributed by atoms with Crippen molar-refractivity contribution in [3.63, 3.8) is 0 Å². The number of hydrogen-bond acceptors (Lipinski definition) is 3. The highest BCUT2D eigenvalue weighted by molar-refractivity contribution is 5.79. The first-order valence-corrected chi connectivity index (χ1v) is 9.40. The average molecular weight is 348 g/mol. The summed E-state index contributed by atoms with van der Waals surface area (Å²) in [6.45, 7) is 13.3. The smallest absolute Gasteiger partial charge is 0.191 e. The summed E-state index contributed by atoms with van der Waals surface area (Å²) in [6.07, 6.45) is 1.09. The van der Waals surface area contributed by atoms with Gasteiger partial charge in [-0.1, -0.05) is 26.0 Å². The Hall–Kier alpha value is -1.75. The zero-order valence-electron chi connectivity index (χ0n) is 16.1. The highest BCUT2D eigenvalue weighted by Gasteiger charge is 2.17. The van der Waals surface area contributed by atoms with Gasteiger partial charge < -0.3 is 20.1 Å². The van der Waals surface area contributed by atoms with Gasteiger partial charge in [0.2, 0.25) is 0 Å². The molecule has 2 rings (SSSR count). The molecule has 25 heavy (non-hydrogen) atoms. The van der Waals surface area contributed by atoms with Gasteiger partial charge in [0.15, 0.2) is 5.96 Å². The third-order valence-corrected chi connectivity index (χ3v) is 4.15. The van der Waals surface area contributed by atoms with Crippen LogP contribution in [0.3, 0.4) is 0 Å². The highest BCUT2D eigenvalue weighted by atomic mass is 16.5. The lowest BCUT2D eigenvalue weighted by Gasteiger charge is -2.15. The molecular weight excluding hydrogens is 314 g/mol. The molecule has 0 saturated carbocycles. The van der Waals surface area contributed by atoms with Crippen molar-refractivity contribution in [2.24, 2.45) is 16.8 Å². The molecule has 1 heterocycles. The minimum atomic E-state index is 0.502. The largest absolute Gasteiger partial charge is 0.493 e. The SMILES string of the molecule is CCNC(=NCc1ccc(C)cc1OCC1CCOC1)NCC(C)C. The van der Waals surface area contributed by atoms with Gasteiger partial charge in [0.25, 0.3) is 0 Å². The van der Waals surface area contributed by atoms with E-state index in [0.29, 0.717) is 25.0 Å². The van der Waals surface area contributed by atoms with Crippen LogP contribution in [0.25, 0.3) is 0 Å². The first-order chi connectivity index (χ1) is 12.1. The highest BCUT2D eigenvalue weighted by Crippen LogP contribution is 2.23. The van der Waals surface area contributed by atoms with E-state index in [-0.39, 0.29) is 0 Å². The van der Waals surface area contributed by atoms with Crippen molar-refractivity contribution in [2.75, 3.05) is 32.9 Å². The summed E-state index contributed by atoms with van der Waals surface area (Å²) < 4.78 is 11.5. The van der Waals surface area contributed by atoms with E-state index in [1.54, 1.807) is 0 Å². The molecule has 0 radical (unpaired) electrons. The van der Waals surface area contributed by atoms with Crippen molar-refractivity contribution in [3.8, 4) is 5.75 Å². The molecule has 1 aliphatic heterocycles. The lowest BCUT2D eigenvalue weighted by atomic mass is 10.1. The molecule has 5 nitrogen and oxygen atoms in total. The summed E-state index contributed by atoms with van der Waals surface area (Å²) in [4.78, 5) is 4.72. The number of guanidine groups is 1. The predicted molar refractivity (Wildman–Crippen MR) is 103 cm³/mol. The fraction of sp³-hybridized carbons (Fsp3) is 0.650. The molecule has 2 N–H and O–H groups in total. The van der Waals surface area contributed by atoms with E-state index in [1.807, 2.05) is 0 Å². The predicted octanol–water partition coefficient (Wildman–Crippen LogP) is 3.12. The number of aryl methyl sites for hydroxylation is 1. The summed E-state index contributed by atoms with van der Waals surface area (Å²) in [7, 11) is 0. The molecule has 5 heteroatoms. The molecule has 1 unspecified atom stereocenters. The van der Waals surface area contributed by atoms with Crippen LogP contribution >= 0.6 is 0 Å². The zero-order valence-corrected chi connectivity index (χ0v) is 16.1. The lowest BCUT2D eigenvalue weighted by molar-refractivity contribution is 0.166.